The number of alkyl halides is 3. The number of nitrogens with one attached hydrogen (secondary N) is 1. The fourth-order valence-corrected chi connectivity index (χ4v) is 2.02. The molecule has 0 aliphatic heterocycles. The molecule has 2 aromatic rings. The number of anilines is 1. The van der Waals surface area contributed by atoms with Crippen LogP contribution in [0.3, 0.4) is 0 Å². The molecule has 0 fully saturated rings. The van der Waals surface area contributed by atoms with Gasteiger partial charge in [0, 0.05) is 5.69 Å². The van der Waals surface area contributed by atoms with E-state index in [-0.39, 0.29) is 16.3 Å². The number of esters is 1. The van der Waals surface area contributed by atoms with Crippen LogP contribution in [-0.4, -0.2) is 18.5 Å². The minimum absolute atomic E-state index is 0.0522. The summed E-state index contributed by atoms with van der Waals surface area (Å²) in [6.45, 7) is -0.652. The van der Waals surface area contributed by atoms with Gasteiger partial charge >= 0.3 is 12.1 Å². The van der Waals surface area contributed by atoms with E-state index >= 15 is 0 Å². The van der Waals surface area contributed by atoms with Crippen molar-refractivity contribution in [3.05, 3.63) is 64.7 Å². The molecule has 0 saturated carbocycles. The fourth-order valence-electron chi connectivity index (χ4n) is 1.81. The number of carbonyl (C=O) groups is 2. The summed E-state index contributed by atoms with van der Waals surface area (Å²) < 4.78 is 42.6. The van der Waals surface area contributed by atoms with Crippen LogP contribution in [0.15, 0.2) is 48.5 Å². The van der Waals surface area contributed by atoms with Crippen molar-refractivity contribution >= 4 is 29.2 Å². The molecule has 0 aliphatic carbocycles. The lowest BCUT2D eigenvalue weighted by atomic mass is 10.2. The van der Waals surface area contributed by atoms with Gasteiger partial charge in [0.25, 0.3) is 5.91 Å². The molecule has 126 valence electrons. The van der Waals surface area contributed by atoms with E-state index in [4.69, 9.17) is 16.3 Å². The van der Waals surface area contributed by atoms with Crippen molar-refractivity contribution in [2.75, 3.05) is 11.9 Å². The van der Waals surface area contributed by atoms with Crippen molar-refractivity contribution in [1.82, 2.24) is 0 Å². The number of halogens is 4. The normalized spacial score (nSPS) is 11.0. The van der Waals surface area contributed by atoms with E-state index in [1.807, 2.05) is 0 Å². The Morgan fingerprint density at radius 2 is 1.79 bits per heavy atom. The third-order valence-electron chi connectivity index (χ3n) is 2.90. The Morgan fingerprint density at radius 1 is 1.08 bits per heavy atom. The Morgan fingerprint density at radius 3 is 2.46 bits per heavy atom. The highest BCUT2D eigenvalue weighted by Crippen LogP contribution is 2.30. The number of carbonyl (C=O) groups excluding carboxylic acids is 2. The maximum absolute atomic E-state index is 12.6. The van der Waals surface area contributed by atoms with E-state index in [2.05, 4.69) is 5.32 Å². The summed E-state index contributed by atoms with van der Waals surface area (Å²) >= 11 is 5.82. The monoisotopic (exact) mass is 357 g/mol. The van der Waals surface area contributed by atoms with Crippen LogP contribution in [0.4, 0.5) is 18.9 Å². The highest BCUT2D eigenvalue weighted by atomic mass is 35.5. The van der Waals surface area contributed by atoms with Gasteiger partial charge in [-0.25, -0.2) is 4.79 Å². The molecule has 2 rings (SSSR count). The third-order valence-corrected chi connectivity index (χ3v) is 3.23. The molecule has 1 amide bonds. The maximum atomic E-state index is 12.6. The van der Waals surface area contributed by atoms with Gasteiger partial charge in [0.15, 0.2) is 6.61 Å². The molecule has 2 aromatic carbocycles. The average Bonchev–Trinajstić information content (AvgIpc) is 2.52. The molecule has 24 heavy (non-hydrogen) atoms. The van der Waals surface area contributed by atoms with Gasteiger partial charge in [-0.15, -0.1) is 0 Å². The van der Waals surface area contributed by atoms with Gasteiger partial charge in [0.1, 0.15) is 0 Å². The number of hydrogen-bond acceptors (Lipinski definition) is 3. The average molecular weight is 358 g/mol. The largest absolute Gasteiger partial charge is 0.452 e. The predicted octanol–water partition coefficient (Wildman–Crippen LogP) is 4.15. The van der Waals surface area contributed by atoms with Gasteiger partial charge in [0.05, 0.1) is 16.1 Å². The molecule has 0 radical (unpaired) electrons. The molecule has 0 atom stereocenters. The van der Waals surface area contributed by atoms with Gasteiger partial charge in [-0.2, -0.15) is 13.2 Å². The van der Waals surface area contributed by atoms with E-state index in [0.29, 0.717) is 0 Å². The summed E-state index contributed by atoms with van der Waals surface area (Å²) in [5.74, 6) is -1.57. The first-order chi connectivity index (χ1) is 11.3. The zero-order valence-corrected chi connectivity index (χ0v) is 12.8. The summed E-state index contributed by atoms with van der Waals surface area (Å²) in [6, 6.07) is 10.2. The van der Waals surface area contributed by atoms with Crippen LogP contribution in [0.25, 0.3) is 0 Å². The molecule has 0 aliphatic rings. The number of rotatable bonds is 4. The van der Waals surface area contributed by atoms with E-state index in [9.17, 15) is 22.8 Å². The minimum atomic E-state index is -4.52. The molecule has 0 bridgehead atoms. The first kappa shape index (κ1) is 17.8. The smallest absolute Gasteiger partial charge is 0.416 e. The Balaban J connectivity index is 1.95. The number of ether oxygens (including phenoxy) is 1. The minimum Gasteiger partial charge on any atom is -0.452 e. The quantitative estimate of drug-likeness (QED) is 0.836. The first-order valence-corrected chi connectivity index (χ1v) is 7.04. The summed E-state index contributed by atoms with van der Waals surface area (Å²) in [4.78, 5) is 23.5. The van der Waals surface area contributed by atoms with Crippen molar-refractivity contribution < 1.29 is 27.5 Å². The van der Waals surface area contributed by atoms with Crippen LogP contribution in [0, 0.1) is 0 Å². The van der Waals surface area contributed by atoms with Gasteiger partial charge < -0.3 is 10.1 Å². The second-order valence-corrected chi connectivity index (χ2v) is 5.09. The molecule has 0 heterocycles. The summed E-state index contributed by atoms with van der Waals surface area (Å²) in [5.41, 5.74) is -0.858. The number of amides is 1. The zero-order valence-electron chi connectivity index (χ0n) is 12.1. The lowest BCUT2D eigenvalue weighted by molar-refractivity contribution is -0.137. The summed E-state index contributed by atoms with van der Waals surface area (Å²) in [5, 5.41) is 2.39. The van der Waals surface area contributed by atoms with Crippen LogP contribution >= 0.6 is 11.6 Å². The second-order valence-electron chi connectivity index (χ2n) is 4.68. The van der Waals surface area contributed by atoms with Crippen molar-refractivity contribution in [3.63, 3.8) is 0 Å². The fraction of sp³-hybridized carbons (Fsp3) is 0.125. The predicted molar refractivity (Wildman–Crippen MR) is 81.8 cm³/mol. The summed E-state index contributed by atoms with van der Waals surface area (Å²) in [6.07, 6.45) is -4.52. The Kier molecular flexibility index (Phi) is 5.46. The van der Waals surface area contributed by atoms with Gasteiger partial charge in [-0.1, -0.05) is 29.8 Å². The van der Waals surface area contributed by atoms with Gasteiger partial charge in [-0.05, 0) is 30.3 Å². The molecule has 0 saturated heterocycles. The van der Waals surface area contributed by atoms with Gasteiger partial charge in [0.2, 0.25) is 0 Å². The highest BCUT2D eigenvalue weighted by molar-refractivity contribution is 6.33. The van der Waals surface area contributed by atoms with Crippen molar-refractivity contribution in [2.24, 2.45) is 0 Å². The number of hydrogen-bond donors (Lipinski definition) is 1. The lowest BCUT2D eigenvalue weighted by Crippen LogP contribution is -2.21. The molecule has 0 spiro atoms. The molecule has 8 heteroatoms. The Labute approximate surface area is 140 Å². The molecule has 4 nitrogen and oxygen atoms in total. The third kappa shape index (κ3) is 4.73. The Hall–Kier alpha value is -2.54. The molecule has 0 unspecified atom stereocenters. The summed E-state index contributed by atoms with van der Waals surface area (Å²) in [7, 11) is 0. The van der Waals surface area contributed by atoms with E-state index in [0.717, 1.165) is 18.2 Å². The lowest BCUT2D eigenvalue weighted by Gasteiger charge is -2.10. The van der Waals surface area contributed by atoms with Crippen molar-refractivity contribution in [3.8, 4) is 0 Å². The Bertz CT molecular complexity index is 762. The zero-order chi connectivity index (χ0) is 17.7. The van der Waals surface area contributed by atoms with Crippen LogP contribution in [0.2, 0.25) is 5.02 Å². The van der Waals surface area contributed by atoms with E-state index < -0.39 is 30.2 Å². The molecular formula is C16H11ClF3NO3. The number of benzene rings is 2. The van der Waals surface area contributed by atoms with Crippen LogP contribution in [0.5, 0.6) is 0 Å². The second kappa shape index (κ2) is 7.35. The van der Waals surface area contributed by atoms with Crippen LogP contribution in [0.1, 0.15) is 15.9 Å². The van der Waals surface area contributed by atoms with Gasteiger partial charge in [-0.3, -0.25) is 4.79 Å². The van der Waals surface area contributed by atoms with E-state index in [1.165, 1.54) is 18.2 Å². The molecule has 0 aromatic heterocycles. The van der Waals surface area contributed by atoms with Crippen molar-refractivity contribution in [1.29, 1.82) is 0 Å². The standard InChI is InChI=1S/C16H11ClF3NO3/c17-13-7-2-1-6-12(13)15(23)24-9-14(22)21-11-5-3-4-10(8-11)16(18,19)20/h1-8H,9H2,(H,21,22). The maximum Gasteiger partial charge on any atom is 0.416 e. The topological polar surface area (TPSA) is 55.4 Å². The highest BCUT2D eigenvalue weighted by Gasteiger charge is 2.30. The van der Waals surface area contributed by atoms with E-state index in [1.54, 1.807) is 12.1 Å². The molecule has 1 N–H and O–H groups in total. The SMILES string of the molecule is O=C(COC(=O)c1ccccc1Cl)Nc1cccc(C(F)(F)F)c1. The van der Waals surface area contributed by atoms with Crippen LogP contribution < -0.4 is 5.32 Å². The van der Waals surface area contributed by atoms with Crippen LogP contribution in [-0.2, 0) is 15.7 Å². The first-order valence-electron chi connectivity index (χ1n) is 6.66. The van der Waals surface area contributed by atoms with Crippen molar-refractivity contribution in [2.45, 2.75) is 6.18 Å². The molecular weight excluding hydrogens is 347 g/mol.